The lowest BCUT2D eigenvalue weighted by atomic mass is 10.00. The molecule has 0 fully saturated rings. The second-order valence-corrected chi connectivity index (χ2v) is 5.65. The number of amides is 1. The maximum absolute atomic E-state index is 11.8. The minimum absolute atomic E-state index is 0.0344. The second kappa shape index (κ2) is 6.17. The number of rotatable bonds is 3. The van der Waals surface area contributed by atoms with Crippen molar-refractivity contribution in [3.8, 4) is 0 Å². The molecule has 0 bridgehead atoms. The summed E-state index contributed by atoms with van der Waals surface area (Å²) in [5.74, 6) is 0.0344. The van der Waals surface area contributed by atoms with E-state index in [2.05, 4.69) is 11.4 Å². The van der Waals surface area contributed by atoms with Gasteiger partial charge in [-0.2, -0.15) is 0 Å². The summed E-state index contributed by atoms with van der Waals surface area (Å²) < 4.78 is 0. The lowest BCUT2D eigenvalue weighted by molar-refractivity contribution is 0.0958. The third-order valence-corrected chi connectivity index (χ3v) is 4.39. The maximum atomic E-state index is 11.8. The lowest BCUT2D eigenvalue weighted by Gasteiger charge is -2.07. The number of thiophene rings is 1. The van der Waals surface area contributed by atoms with Crippen LogP contribution in [0, 0.1) is 0 Å². The van der Waals surface area contributed by atoms with Gasteiger partial charge in [0.2, 0.25) is 0 Å². The van der Waals surface area contributed by atoms with Gasteiger partial charge in [-0.25, -0.2) is 0 Å². The van der Waals surface area contributed by atoms with E-state index >= 15 is 0 Å². The van der Waals surface area contributed by atoms with Crippen LogP contribution >= 0.6 is 11.3 Å². The summed E-state index contributed by atoms with van der Waals surface area (Å²) in [6.07, 6.45) is 7.45. The van der Waals surface area contributed by atoms with Crippen molar-refractivity contribution < 1.29 is 4.79 Å². The topological polar surface area (TPSA) is 55.1 Å². The molecule has 0 spiro atoms. The number of hydrogen-bond acceptors (Lipinski definition) is 3. The van der Waals surface area contributed by atoms with Gasteiger partial charge in [0.15, 0.2) is 0 Å². The molecule has 0 aliphatic heterocycles. The Balaban J connectivity index is 2.09. The molecule has 0 atom stereocenters. The van der Waals surface area contributed by atoms with E-state index in [1.165, 1.54) is 36.1 Å². The Labute approximate surface area is 106 Å². The third-order valence-electron chi connectivity index (χ3n) is 3.15. The molecule has 1 aliphatic rings. The van der Waals surface area contributed by atoms with Gasteiger partial charge in [0.1, 0.15) is 0 Å². The number of nitrogens with two attached hydrogens (primary N) is 1. The van der Waals surface area contributed by atoms with Gasteiger partial charge in [-0.3, -0.25) is 4.79 Å². The van der Waals surface area contributed by atoms with Gasteiger partial charge in [0.05, 0.1) is 4.88 Å². The number of hydrogen-bond donors (Lipinski definition) is 2. The molecule has 0 unspecified atom stereocenters. The highest BCUT2D eigenvalue weighted by Gasteiger charge is 2.15. The summed E-state index contributed by atoms with van der Waals surface area (Å²) >= 11 is 1.66. The van der Waals surface area contributed by atoms with Crippen molar-refractivity contribution >= 4 is 17.2 Å². The first-order valence-electron chi connectivity index (χ1n) is 6.41. The van der Waals surface area contributed by atoms with Crippen LogP contribution in [0.25, 0.3) is 0 Å². The van der Waals surface area contributed by atoms with Gasteiger partial charge >= 0.3 is 0 Å². The zero-order valence-electron chi connectivity index (χ0n) is 10.1. The summed E-state index contributed by atoms with van der Waals surface area (Å²) in [4.78, 5) is 14.1. The van der Waals surface area contributed by atoms with E-state index in [4.69, 9.17) is 5.73 Å². The van der Waals surface area contributed by atoms with Crippen molar-refractivity contribution in [3.63, 3.8) is 0 Å². The van der Waals surface area contributed by atoms with E-state index in [-0.39, 0.29) is 5.91 Å². The smallest absolute Gasteiger partial charge is 0.261 e. The predicted molar refractivity (Wildman–Crippen MR) is 71.6 cm³/mol. The Morgan fingerprint density at radius 2 is 2.06 bits per heavy atom. The number of carbonyl (C=O) groups is 1. The van der Waals surface area contributed by atoms with E-state index in [0.29, 0.717) is 13.1 Å². The number of fused-ring (bicyclic) bond motifs is 1. The molecule has 94 valence electrons. The lowest BCUT2D eigenvalue weighted by Crippen LogP contribution is -2.28. The Hall–Kier alpha value is -0.870. The first-order valence-corrected chi connectivity index (χ1v) is 7.23. The van der Waals surface area contributed by atoms with Crippen LogP contribution in [0.1, 0.15) is 45.8 Å². The molecule has 1 aromatic rings. The van der Waals surface area contributed by atoms with Gasteiger partial charge in [-0.05, 0) is 37.3 Å². The van der Waals surface area contributed by atoms with Gasteiger partial charge in [-0.1, -0.05) is 12.8 Å². The van der Waals surface area contributed by atoms with Crippen LogP contribution in [0.5, 0.6) is 0 Å². The summed E-state index contributed by atoms with van der Waals surface area (Å²) in [5, 5.41) is 2.84. The largest absolute Gasteiger partial charge is 0.350 e. The highest BCUT2D eigenvalue weighted by Crippen LogP contribution is 2.28. The van der Waals surface area contributed by atoms with Crippen molar-refractivity contribution in [2.24, 2.45) is 5.73 Å². The molecule has 1 heterocycles. The van der Waals surface area contributed by atoms with E-state index in [1.807, 2.05) is 0 Å². The Morgan fingerprint density at radius 3 is 2.82 bits per heavy atom. The number of nitrogens with one attached hydrogen (secondary N) is 1. The van der Waals surface area contributed by atoms with Crippen molar-refractivity contribution in [3.05, 3.63) is 21.4 Å². The van der Waals surface area contributed by atoms with Crippen LogP contribution in [-0.4, -0.2) is 19.0 Å². The zero-order chi connectivity index (χ0) is 12.1. The molecular weight excluding hydrogens is 232 g/mol. The van der Waals surface area contributed by atoms with E-state index in [9.17, 15) is 4.79 Å². The minimum Gasteiger partial charge on any atom is -0.350 e. The molecule has 1 aliphatic carbocycles. The standard InChI is InChI=1S/C13H20N2OS/c14-7-8-15-13(16)12-9-10-5-3-1-2-4-6-11(10)17-12/h9H,1-8,14H2,(H,15,16). The molecule has 0 saturated carbocycles. The monoisotopic (exact) mass is 252 g/mol. The molecule has 1 aromatic heterocycles. The average molecular weight is 252 g/mol. The third kappa shape index (κ3) is 3.30. The highest BCUT2D eigenvalue weighted by molar-refractivity contribution is 7.14. The highest BCUT2D eigenvalue weighted by atomic mass is 32.1. The second-order valence-electron chi connectivity index (χ2n) is 4.52. The quantitative estimate of drug-likeness (QED) is 0.865. The van der Waals surface area contributed by atoms with Crippen molar-refractivity contribution in [2.45, 2.75) is 38.5 Å². The molecular formula is C13H20N2OS. The summed E-state index contributed by atoms with van der Waals surface area (Å²) in [6, 6.07) is 2.08. The fraction of sp³-hybridized carbons (Fsp3) is 0.615. The minimum atomic E-state index is 0.0344. The summed E-state index contributed by atoms with van der Waals surface area (Å²) in [7, 11) is 0. The van der Waals surface area contributed by atoms with Crippen LogP contribution < -0.4 is 11.1 Å². The SMILES string of the molecule is NCCNC(=O)c1cc2c(s1)CCCCCC2. The van der Waals surface area contributed by atoms with E-state index < -0.39 is 0 Å². The van der Waals surface area contributed by atoms with Gasteiger partial charge in [0, 0.05) is 18.0 Å². The van der Waals surface area contributed by atoms with Gasteiger partial charge in [0.25, 0.3) is 5.91 Å². The van der Waals surface area contributed by atoms with Crippen LogP contribution in [0.2, 0.25) is 0 Å². The van der Waals surface area contributed by atoms with Crippen molar-refractivity contribution in [1.29, 1.82) is 0 Å². The molecule has 0 saturated heterocycles. The first kappa shape index (κ1) is 12.6. The predicted octanol–water partition coefficient (Wildman–Crippen LogP) is 2.10. The summed E-state index contributed by atoms with van der Waals surface area (Å²) in [6.45, 7) is 1.05. The average Bonchev–Trinajstić information content (AvgIpc) is 2.68. The number of aryl methyl sites for hydroxylation is 2. The fourth-order valence-electron chi connectivity index (χ4n) is 2.23. The Morgan fingerprint density at radius 1 is 1.29 bits per heavy atom. The van der Waals surface area contributed by atoms with E-state index in [0.717, 1.165) is 17.7 Å². The molecule has 17 heavy (non-hydrogen) atoms. The molecule has 0 radical (unpaired) electrons. The molecule has 3 N–H and O–H groups in total. The zero-order valence-corrected chi connectivity index (χ0v) is 10.9. The maximum Gasteiger partial charge on any atom is 0.261 e. The van der Waals surface area contributed by atoms with Crippen LogP contribution in [0.3, 0.4) is 0 Å². The fourth-order valence-corrected chi connectivity index (χ4v) is 3.40. The Bertz CT molecular complexity index is 361. The Kier molecular flexibility index (Phi) is 4.57. The van der Waals surface area contributed by atoms with Crippen molar-refractivity contribution in [2.75, 3.05) is 13.1 Å². The molecule has 2 rings (SSSR count). The number of carbonyl (C=O) groups excluding carboxylic acids is 1. The first-order chi connectivity index (χ1) is 8.31. The molecule has 3 nitrogen and oxygen atoms in total. The van der Waals surface area contributed by atoms with Crippen molar-refractivity contribution in [1.82, 2.24) is 5.32 Å². The molecule has 1 amide bonds. The van der Waals surface area contributed by atoms with Crippen LogP contribution in [0.15, 0.2) is 6.07 Å². The normalized spacial score (nSPS) is 15.8. The summed E-state index contributed by atoms with van der Waals surface area (Å²) in [5.41, 5.74) is 6.78. The van der Waals surface area contributed by atoms with Crippen LogP contribution in [-0.2, 0) is 12.8 Å². The van der Waals surface area contributed by atoms with Crippen LogP contribution in [0.4, 0.5) is 0 Å². The molecule has 4 heteroatoms. The van der Waals surface area contributed by atoms with Gasteiger partial charge < -0.3 is 11.1 Å². The van der Waals surface area contributed by atoms with E-state index in [1.54, 1.807) is 11.3 Å². The molecule has 0 aromatic carbocycles. The van der Waals surface area contributed by atoms with Gasteiger partial charge in [-0.15, -0.1) is 11.3 Å².